The fourth-order valence-corrected chi connectivity index (χ4v) is 0.321. The number of halogens is 1. The first-order valence-electron chi connectivity index (χ1n) is 1.87. The summed E-state index contributed by atoms with van der Waals surface area (Å²) >= 11 is 0.750. The van der Waals surface area contributed by atoms with Crippen molar-refractivity contribution < 1.29 is 23.7 Å². The third kappa shape index (κ3) is 6.15. The Morgan fingerprint density at radius 3 is 1.62 bits per heavy atom. The van der Waals surface area contributed by atoms with E-state index in [1.165, 1.54) is 0 Å². The smallest absolute Gasteiger partial charge is 0.172 e. The maximum absolute atomic E-state index is 8.25. The van der Waals surface area contributed by atoms with Crippen LogP contribution in [0.2, 0.25) is 0 Å². The molecule has 1 aromatic carbocycles. The van der Waals surface area contributed by atoms with E-state index in [2.05, 4.69) is 0 Å². The van der Waals surface area contributed by atoms with Gasteiger partial charge in [0.25, 0.3) is 0 Å². The van der Waals surface area contributed by atoms with Crippen LogP contribution >= 0.6 is 12.4 Å². The average molecular weight is 165 g/mol. The van der Waals surface area contributed by atoms with Crippen molar-refractivity contribution in [1.29, 1.82) is 0 Å². The SMILES string of the molecule is Cl.[O]=[Ti+].c1cc[cH-]c1. The van der Waals surface area contributed by atoms with Gasteiger partial charge in [0.2, 0.25) is 0 Å². The van der Waals surface area contributed by atoms with E-state index in [4.69, 9.17) is 3.32 Å². The topological polar surface area (TPSA) is 17.1 Å². The van der Waals surface area contributed by atoms with Crippen LogP contribution in [-0.4, -0.2) is 0 Å². The van der Waals surface area contributed by atoms with Crippen LogP contribution in [0, 0.1) is 0 Å². The fraction of sp³-hybridized carbons (Fsp3) is 0. The van der Waals surface area contributed by atoms with Gasteiger partial charge in [0.05, 0.1) is 0 Å². The van der Waals surface area contributed by atoms with Crippen molar-refractivity contribution in [2.45, 2.75) is 0 Å². The van der Waals surface area contributed by atoms with Crippen molar-refractivity contribution in [2.75, 3.05) is 0 Å². The molecule has 0 saturated carbocycles. The summed E-state index contributed by atoms with van der Waals surface area (Å²) < 4.78 is 8.25. The van der Waals surface area contributed by atoms with Crippen LogP contribution in [0.4, 0.5) is 0 Å². The minimum Gasteiger partial charge on any atom is -0.214 e. The molecule has 0 aromatic heterocycles. The first-order chi connectivity index (χ1) is 3.50. The fourth-order valence-electron chi connectivity index (χ4n) is 0.321. The molecule has 0 N–H and O–H groups in total. The van der Waals surface area contributed by atoms with Crippen molar-refractivity contribution >= 4 is 12.4 Å². The molecule has 0 radical (unpaired) electrons. The second kappa shape index (κ2) is 10.2. The predicted octanol–water partition coefficient (Wildman–Crippen LogP) is 1.71. The van der Waals surface area contributed by atoms with Crippen LogP contribution in [0.3, 0.4) is 0 Å². The number of hydrogen-bond acceptors (Lipinski definition) is 1. The molecule has 0 heterocycles. The molecule has 0 bridgehead atoms. The van der Waals surface area contributed by atoms with Crippen LogP contribution in [0.15, 0.2) is 30.3 Å². The molecule has 0 aliphatic heterocycles. The van der Waals surface area contributed by atoms with E-state index in [1.807, 2.05) is 30.3 Å². The normalized spacial score (nSPS) is 5.75. The van der Waals surface area contributed by atoms with E-state index >= 15 is 0 Å². The van der Waals surface area contributed by atoms with Crippen molar-refractivity contribution in [1.82, 2.24) is 0 Å². The first-order valence-corrected chi connectivity index (χ1v) is 2.51. The molecule has 0 atom stereocenters. The van der Waals surface area contributed by atoms with E-state index in [0.29, 0.717) is 0 Å². The Morgan fingerprint density at radius 2 is 1.50 bits per heavy atom. The van der Waals surface area contributed by atoms with Gasteiger partial charge < -0.3 is 0 Å². The van der Waals surface area contributed by atoms with Gasteiger partial charge in [-0.2, -0.15) is 18.2 Å². The third-order valence-electron chi connectivity index (χ3n) is 0.556. The van der Waals surface area contributed by atoms with E-state index in [0.717, 1.165) is 20.4 Å². The van der Waals surface area contributed by atoms with Crippen LogP contribution in [0.1, 0.15) is 0 Å². The summed E-state index contributed by atoms with van der Waals surface area (Å²) in [7, 11) is 0. The molecule has 0 amide bonds. The van der Waals surface area contributed by atoms with Gasteiger partial charge in [0.15, 0.2) is 0 Å². The molecule has 0 saturated heterocycles. The van der Waals surface area contributed by atoms with Gasteiger partial charge in [0.1, 0.15) is 0 Å². The summed E-state index contributed by atoms with van der Waals surface area (Å²) in [6.07, 6.45) is 0. The minimum atomic E-state index is 0. The van der Waals surface area contributed by atoms with Crippen LogP contribution in [0.25, 0.3) is 0 Å². The van der Waals surface area contributed by atoms with E-state index < -0.39 is 0 Å². The summed E-state index contributed by atoms with van der Waals surface area (Å²) in [6.45, 7) is 0. The minimum absolute atomic E-state index is 0. The van der Waals surface area contributed by atoms with Gasteiger partial charge in [-0.1, -0.05) is 0 Å². The monoisotopic (exact) mass is 165 g/mol. The van der Waals surface area contributed by atoms with Crippen LogP contribution in [-0.2, 0) is 23.7 Å². The quantitative estimate of drug-likeness (QED) is 0.422. The Bertz CT molecular complexity index is 79.3. The zero-order valence-electron chi connectivity index (χ0n) is 4.20. The Morgan fingerprint density at radius 1 is 1.12 bits per heavy atom. The summed E-state index contributed by atoms with van der Waals surface area (Å²) in [6, 6.07) is 10.0. The van der Waals surface area contributed by atoms with E-state index in [9.17, 15) is 0 Å². The van der Waals surface area contributed by atoms with Crippen LogP contribution in [0.5, 0.6) is 0 Å². The summed E-state index contributed by atoms with van der Waals surface area (Å²) in [5.74, 6) is 0. The standard InChI is InChI=1S/C5H5.ClH.O.Ti/c1-2-4-5-3-1;;;/h1-5H;1H;;/q-1;;;+1. The van der Waals surface area contributed by atoms with Crippen molar-refractivity contribution in [2.24, 2.45) is 0 Å². The van der Waals surface area contributed by atoms with Gasteiger partial charge in [0, 0.05) is 0 Å². The van der Waals surface area contributed by atoms with Gasteiger partial charge in [-0.25, -0.2) is 12.1 Å². The molecular formula is C5H6ClOTi. The summed E-state index contributed by atoms with van der Waals surface area (Å²) in [5.41, 5.74) is 0. The number of hydrogen-bond donors (Lipinski definition) is 0. The molecule has 43 valence electrons. The molecule has 0 fully saturated rings. The van der Waals surface area contributed by atoms with E-state index in [-0.39, 0.29) is 12.4 Å². The zero-order chi connectivity index (χ0) is 5.54. The molecule has 0 spiro atoms. The predicted molar refractivity (Wildman–Crippen MR) is 30.0 cm³/mol. The van der Waals surface area contributed by atoms with Gasteiger partial charge in [-0.3, -0.25) is 0 Å². The molecule has 8 heavy (non-hydrogen) atoms. The molecule has 0 aliphatic rings. The second-order valence-electron chi connectivity index (χ2n) is 0.962. The molecular weight excluding hydrogens is 159 g/mol. The van der Waals surface area contributed by atoms with Crippen molar-refractivity contribution in [3.63, 3.8) is 0 Å². The second-order valence-corrected chi connectivity index (χ2v) is 0.962. The van der Waals surface area contributed by atoms with Crippen molar-refractivity contribution in [3.8, 4) is 0 Å². The first kappa shape index (κ1) is 11.0. The average Bonchev–Trinajstić information content (AvgIpc) is 2.23. The number of rotatable bonds is 0. The summed E-state index contributed by atoms with van der Waals surface area (Å²) in [4.78, 5) is 0. The maximum Gasteiger partial charge on any atom is -0.172 e. The Kier molecular flexibility index (Phi) is 14.0. The molecule has 1 aromatic rings. The van der Waals surface area contributed by atoms with Gasteiger partial charge in [-0.05, 0) is 0 Å². The summed E-state index contributed by atoms with van der Waals surface area (Å²) in [5, 5.41) is 0. The molecule has 0 unspecified atom stereocenters. The zero-order valence-corrected chi connectivity index (χ0v) is 6.58. The van der Waals surface area contributed by atoms with Crippen molar-refractivity contribution in [3.05, 3.63) is 30.3 Å². The van der Waals surface area contributed by atoms with Gasteiger partial charge >= 0.3 is 23.7 Å². The Hall–Kier alpha value is 0.154. The Labute approximate surface area is 66.6 Å². The Balaban J connectivity index is 0. The largest absolute Gasteiger partial charge is 0.214 e. The molecule has 1 rings (SSSR count). The van der Waals surface area contributed by atoms with Gasteiger partial charge in [-0.15, -0.1) is 12.4 Å². The third-order valence-corrected chi connectivity index (χ3v) is 0.556. The van der Waals surface area contributed by atoms with E-state index in [1.54, 1.807) is 0 Å². The molecule has 1 nitrogen and oxygen atoms in total. The molecule has 0 aliphatic carbocycles. The van der Waals surface area contributed by atoms with Crippen LogP contribution < -0.4 is 0 Å². The molecule has 3 heteroatoms. The maximum atomic E-state index is 8.25.